The smallest absolute Gasteiger partial charge is 0.326 e. The van der Waals surface area contributed by atoms with E-state index in [4.69, 9.17) is 4.74 Å². The molecule has 2 N–H and O–H groups in total. The zero-order valence-corrected chi connectivity index (χ0v) is 19.3. The van der Waals surface area contributed by atoms with E-state index in [9.17, 15) is 9.59 Å². The standard InChI is InChI=1S/C24H25N5O3S/c1-28(22(30)17-8-4-3-5-9-17)18-11-12-20-19(16-18)25-23(29(20)13-7-14-32-2)27-24(31)26-21-10-6-15-33-21/h3-6,8-12,15-16H,7,13-14H2,1-2H3,(H2,25,26,27,31). The van der Waals surface area contributed by atoms with Crippen LogP contribution in [-0.4, -0.2) is 42.3 Å². The molecule has 2 aromatic heterocycles. The van der Waals surface area contributed by atoms with Crippen LogP contribution >= 0.6 is 11.3 Å². The van der Waals surface area contributed by atoms with E-state index >= 15 is 0 Å². The van der Waals surface area contributed by atoms with Crippen LogP contribution in [0.1, 0.15) is 16.8 Å². The maximum Gasteiger partial charge on any atom is 0.326 e. The van der Waals surface area contributed by atoms with Gasteiger partial charge in [-0.2, -0.15) is 0 Å². The zero-order valence-electron chi connectivity index (χ0n) is 18.4. The van der Waals surface area contributed by atoms with E-state index in [2.05, 4.69) is 15.6 Å². The van der Waals surface area contributed by atoms with Crippen LogP contribution in [-0.2, 0) is 11.3 Å². The highest BCUT2D eigenvalue weighted by molar-refractivity contribution is 7.14. The molecule has 0 unspecified atom stereocenters. The molecule has 9 heteroatoms. The highest BCUT2D eigenvalue weighted by atomic mass is 32.1. The summed E-state index contributed by atoms with van der Waals surface area (Å²) < 4.78 is 7.14. The molecular weight excluding hydrogens is 438 g/mol. The second-order valence-electron chi connectivity index (χ2n) is 7.39. The van der Waals surface area contributed by atoms with Crippen molar-refractivity contribution in [2.45, 2.75) is 13.0 Å². The number of methoxy groups -OCH3 is 1. The molecule has 33 heavy (non-hydrogen) atoms. The average molecular weight is 464 g/mol. The van der Waals surface area contributed by atoms with Crippen LogP contribution in [0.5, 0.6) is 0 Å². The van der Waals surface area contributed by atoms with Gasteiger partial charge in [0.25, 0.3) is 5.91 Å². The molecule has 0 fully saturated rings. The molecular formula is C24H25N5O3S. The minimum Gasteiger partial charge on any atom is -0.385 e. The van der Waals surface area contributed by atoms with Crippen molar-refractivity contribution in [2.75, 3.05) is 36.3 Å². The van der Waals surface area contributed by atoms with Crippen molar-refractivity contribution in [2.24, 2.45) is 0 Å². The lowest BCUT2D eigenvalue weighted by atomic mass is 10.2. The van der Waals surface area contributed by atoms with E-state index in [0.29, 0.717) is 35.9 Å². The summed E-state index contributed by atoms with van der Waals surface area (Å²) in [5.74, 6) is 0.326. The van der Waals surface area contributed by atoms with Crippen molar-refractivity contribution in [1.29, 1.82) is 0 Å². The Morgan fingerprint density at radius 1 is 1.09 bits per heavy atom. The summed E-state index contributed by atoms with van der Waals surface area (Å²) >= 11 is 1.44. The Kier molecular flexibility index (Phi) is 7.01. The predicted octanol–water partition coefficient (Wildman–Crippen LogP) is 5.05. The number of nitrogens with zero attached hydrogens (tertiary/aromatic N) is 3. The van der Waals surface area contributed by atoms with Gasteiger partial charge in [-0.25, -0.2) is 9.78 Å². The summed E-state index contributed by atoms with van der Waals surface area (Å²) in [6.45, 7) is 1.21. The van der Waals surface area contributed by atoms with Crippen molar-refractivity contribution in [3.05, 3.63) is 71.6 Å². The summed E-state index contributed by atoms with van der Waals surface area (Å²) in [7, 11) is 3.39. The fraction of sp³-hybridized carbons (Fsp3) is 0.208. The van der Waals surface area contributed by atoms with Crippen LogP contribution in [0.15, 0.2) is 66.0 Å². The average Bonchev–Trinajstić information content (AvgIpc) is 3.46. The number of aromatic nitrogens is 2. The SMILES string of the molecule is COCCCn1c(NC(=O)Nc2cccs2)nc2cc(N(C)C(=O)c3ccccc3)ccc21. The van der Waals surface area contributed by atoms with Gasteiger partial charge in [-0.3, -0.25) is 15.4 Å². The number of hydrogen-bond donors (Lipinski definition) is 2. The molecule has 170 valence electrons. The van der Waals surface area contributed by atoms with Crippen molar-refractivity contribution in [3.8, 4) is 0 Å². The van der Waals surface area contributed by atoms with Crippen LogP contribution < -0.4 is 15.5 Å². The number of ether oxygens (including phenoxy) is 1. The first kappa shape index (κ1) is 22.5. The maximum absolute atomic E-state index is 12.8. The maximum atomic E-state index is 12.8. The Morgan fingerprint density at radius 2 is 1.91 bits per heavy atom. The summed E-state index contributed by atoms with van der Waals surface area (Å²) in [6, 6.07) is 18.1. The van der Waals surface area contributed by atoms with Crippen LogP contribution in [0.4, 0.5) is 21.4 Å². The van der Waals surface area contributed by atoms with Crippen LogP contribution in [0.2, 0.25) is 0 Å². The molecule has 0 atom stereocenters. The number of thiophene rings is 1. The number of carbonyl (C=O) groups excluding carboxylic acids is 2. The molecule has 0 aliphatic rings. The van der Waals surface area contributed by atoms with Crippen LogP contribution in [0.3, 0.4) is 0 Å². The minimum absolute atomic E-state index is 0.108. The van der Waals surface area contributed by atoms with Gasteiger partial charge in [-0.1, -0.05) is 18.2 Å². The highest BCUT2D eigenvalue weighted by Crippen LogP contribution is 2.26. The van der Waals surface area contributed by atoms with Gasteiger partial charge in [0.1, 0.15) is 0 Å². The van der Waals surface area contributed by atoms with Crippen molar-refractivity contribution in [1.82, 2.24) is 9.55 Å². The number of anilines is 3. The Morgan fingerprint density at radius 3 is 2.64 bits per heavy atom. The van der Waals surface area contributed by atoms with Gasteiger partial charge in [0.2, 0.25) is 5.95 Å². The molecule has 0 aliphatic carbocycles. The summed E-state index contributed by atoms with van der Waals surface area (Å²) in [4.78, 5) is 31.6. The van der Waals surface area contributed by atoms with E-state index in [1.807, 2.05) is 58.5 Å². The van der Waals surface area contributed by atoms with Gasteiger partial charge in [0.05, 0.1) is 16.0 Å². The Bertz CT molecular complexity index is 1240. The lowest BCUT2D eigenvalue weighted by Crippen LogP contribution is -2.26. The molecule has 0 radical (unpaired) electrons. The molecule has 0 bridgehead atoms. The fourth-order valence-corrected chi connectivity index (χ4v) is 4.11. The lowest BCUT2D eigenvalue weighted by molar-refractivity contribution is 0.0993. The van der Waals surface area contributed by atoms with Gasteiger partial charge in [0, 0.05) is 38.6 Å². The van der Waals surface area contributed by atoms with E-state index in [1.54, 1.807) is 31.2 Å². The molecule has 0 aliphatic heterocycles. The number of carbonyl (C=O) groups is 2. The van der Waals surface area contributed by atoms with Gasteiger partial charge in [0.15, 0.2) is 0 Å². The fourth-order valence-electron chi connectivity index (χ4n) is 3.50. The van der Waals surface area contributed by atoms with Crippen molar-refractivity contribution < 1.29 is 14.3 Å². The van der Waals surface area contributed by atoms with Gasteiger partial charge < -0.3 is 14.2 Å². The Hall–Kier alpha value is -3.69. The number of rotatable bonds is 8. The first-order chi connectivity index (χ1) is 16.1. The number of imidazole rings is 1. The zero-order chi connectivity index (χ0) is 23.2. The molecule has 0 saturated heterocycles. The third-order valence-corrected chi connectivity index (χ3v) is 5.94. The van der Waals surface area contributed by atoms with E-state index in [0.717, 1.165) is 16.9 Å². The molecule has 4 rings (SSSR count). The molecule has 0 saturated carbocycles. The van der Waals surface area contributed by atoms with Crippen LogP contribution in [0, 0.1) is 0 Å². The topological polar surface area (TPSA) is 88.5 Å². The summed E-state index contributed by atoms with van der Waals surface area (Å²) in [6.07, 6.45) is 0.761. The number of benzene rings is 2. The van der Waals surface area contributed by atoms with E-state index in [1.165, 1.54) is 11.3 Å². The van der Waals surface area contributed by atoms with Gasteiger partial charge >= 0.3 is 6.03 Å². The number of hydrogen-bond acceptors (Lipinski definition) is 5. The largest absolute Gasteiger partial charge is 0.385 e. The quantitative estimate of drug-likeness (QED) is 0.358. The number of urea groups is 1. The molecule has 2 heterocycles. The van der Waals surface area contributed by atoms with Gasteiger partial charge in [-0.15, -0.1) is 11.3 Å². The highest BCUT2D eigenvalue weighted by Gasteiger charge is 2.17. The molecule has 4 aromatic rings. The first-order valence-corrected chi connectivity index (χ1v) is 11.4. The van der Waals surface area contributed by atoms with Gasteiger partial charge in [-0.05, 0) is 54.3 Å². The van der Waals surface area contributed by atoms with E-state index < -0.39 is 0 Å². The minimum atomic E-state index is -0.364. The van der Waals surface area contributed by atoms with E-state index in [-0.39, 0.29) is 11.9 Å². The summed E-state index contributed by atoms with van der Waals surface area (Å²) in [5.41, 5.74) is 2.87. The molecule has 0 spiro atoms. The number of nitrogens with one attached hydrogen (secondary N) is 2. The monoisotopic (exact) mass is 463 g/mol. The number of fused-ring (bicyclic) bond motifs is 1. The molecule has 3 amide bonds. The first-order valence-electron chi connectivity index (χ1n) is 10.5. The number of aryl methyl sites for hydroxylation is 1. The second-order valence-corrected chi connectivity index (χ2v) is 8.34. The third kappa shape index (κ3) is 5.21. The number of amides is 3. The Balaban J connectivity index is 1.61. The lowest BCUT2D eigenvalue weighted by Gasteiger charge is -2.17. The summed E-state index contributed by atoms with van der Waals surface area (Å²) in [5, 5.41) is 8.30. The third-order valence-electron chi connectivity index (χ3n) is 5.16. The Labute approximate surface area is 195 Å². The second kappa shape index (κ2) is 10.3. The van der Waals surface area contributed by atoms with Crippen LogP contribution in [0.25, 0.3) is 11.0 Å². The van der Waals surface area contributed by atoms with Crippen molar-refractivity contribution in [3.63, 3.8) is 0 Å². The molecule has 8 nitrogen and oxygen atoms in total. The molecule has 2 aromatic carbocycles. The van der Waals surface area contributed by atoms with Crippen molar-refractivity contribution >= 4 is 50.9 Å². The predicted molar refractivity (Wildman–Crippen MR) is 132 cm³/mol. The normalized spacial score (nSPS) is 10.8.